The summed E-state index contributed by atoms with van der Waals surface area (Å²) in [4.78, 5) is 11.8. The molecule has 2 aromatic carbocycles. The predicted molar refractivity (Wildman–Crippen MR) is 88.6 cm³/mol. The quantitative estimate of drug-likeness (QED) is 0.802. The van der Waals surface area contributed by atoms with Crippen LogP contribution in [-0.4, -0.2) is 12.5 Å². The molecule has 0 saturated carbocycles. The van der Waals surface area contributed by atoms with E-state index in [0.29, 0.717) is 6.54 Å². The average molecular weight is 398 g/mol. The summed E-state index contributed by atoms with van der Waals surface area (Å²) in [6.07, 6.45) is 0. The minimum absolute atomic E-state index is 0.0534. The van der Waals surface area contributed by atoms with E-state index in [-0.39, 0.29) is 12.5 Å². The molecule has 0 saturated heterocycles. The van der Waals surface area contributed by atoms with Gasteiger partial charge in [-0.1, -0.05) is 44.0 Å². The molecule has 0 spiro atoms. The molecule has 2 rings (SSSR count). The van der Waals surface area contributed by atoms with Gasteiger partial charge >= 0.3 is 0 Å². The molecule has 2 N–H and O–H groups in total. The van der Waals surface area contributed by atoms with Crippen molar-refractivity contribution in [3.63, 3.8) is 0 Å². The fraction of sp³-hybridized carbons (Fsp3) is 0.133. The Kier molecular flexibility index (Phi) is 5.76. The first-order valence-corrected chi connectivity index (χ1v) is 7.73. The lowest BCUT2D eigenvalue weighted by Gasteiger charge is -2.07. The standard InChI is InChI=1S/C15H14Br2N2O/c16-12-4-6-14(7-5-12)19-15(20)10-18-9-11-2-1-3-13(17)8-11/h1-8,18H,9-10H2,(H,19,20). The van der Waals surface area contributed by atoms with Crippen LogP contribution in [0.2, 0.25) is 0 Å². The molecule has 0 bridgehead atoms. The van der Waals surface area contributed by atoms with Crippen LogP contribution in [-0.2, 0) is 11.3 Å². The van der Waals surface area contributed by atoms with Crippen LogP contribution in [0, 0.1) is 0 Å². The average Bonchev–Trinajstić information content (AvgIpc) is 2.41. The fourth-order valence-corrected chi connectivity index (χ4v) is 2.42. The van der Waals surface area contributed by atoms with Crippen molar-refractivity contribution in [1.82, 2.24) is 5.32 Å². The fourth-order valence-electron chi connectivity index (χ4n) is 1.71. The summed E-state index contributed by atoms with van der Waals surface area (Å²) >= 11 is 6.78. The number of nitrogens with one attached hydrogen (secondary N) is 2. The predicted octanol–water partition coefficient (Wildman–Crippen LogP) is 3.94. The van der Waals surface area contributed by atoms with Gasteiger partial charge in [-0.15, -0.1) is 0 Å². The van der Waals surface area contributed by atoms with Crippen molar-refractivity contribution in [1.29, 1.82) is 0 Å². The van der Waals surface area contributed by atoms with Gasteiger partial charge in [0.05, 0.1) is 6.54 Å². The van der Waals surface area contributed by atoms with Gasteiger partial charge in [-0.3, -0.25) is 4.79 Å². The molecule has 3 nitrogen and oxygen atoms in total. The maximum atomic E-state index is 11.8. The van der Waals surface area contributed by atoms with Crippen molar-refractivity contribution < 1.29 is 4.79 Å². The largest absolute Gasteiger partial charge is 0.325 e. The monoisotopic (exact) mass is 396 g/mol. The summed E-state index contributed by atoms with van der Waals surface area (Å²) in [6.45, 7) is 0.940. The molecule has 0 fully saturated rings. The number of benzene rings is 2. The summed E-state index contributed by atoms with van der Waals surface area (Å²) < 4.78 is 2.03. The highest BCUT2D eigenvalue weighted by molar-refractivity contribution is 9.10. The van der Waals surface area contributed by atoms with Gasteiger partial charge < -0.3 is 10.6 Å². The zero-order valence-electron chi connectivity index (χ0n) is 10.7. The molecule has 0 heterocycles. The third-order valence-corrected chi connectivity index (χ3v) is 3.65. The number of hydrogen-bond acceptors (Lipinski definition) is 2. The van der Waals surface area contributed by atoms with E-state index in [4.69, 9.17) is 0 Å². The summed E-state index contributed by atoms with van der Waals surface area (Å²) in [5.74, 6) is -0.0534. The minimum Gasteiger partial charge on any atom is -0.325 e. The summed E-state index contributed by atoms with van der Waals surface area (Å²) in [5.41, 5.74) is 1.93. The highest BCUT2D eigenvalue weighted by Crippen LogP contribution is 2.14. The number of rotatable bonds is 5. The molecule has 0 unspecified atom stereocenters. The summed E-state index contributed by atoms with van der Waals surface area (Å²) in [5, 5.41) is 5.95. The first-order valence-electron chi connectivity index (χ1n) is 6.14. The van der Waals surface area contributed by atoms with Crippen molar-refractivity contribution in [2.75, 3.05) is 11.9 Å². The van der Waals surface area contributed by atoms with E-state index in [1.165, 1.54) is 0 Å². The van der Waals surface area contributed by atoms with Crippen LogP contribution < -0.4 is 10.6 Å². The van der Waals surface area contributed by atoms with Crippen molar-refractivity contribution in [3.8, 4) is 0 Å². The van der Waals surface area contributed by atoms with Crippen LogP contribution in [0.25, 0.3) is 0 Å². The van der Waals surface area contributed by atoms with Crippen molar-refractivity contribution in [2.45, 2.75) is 6.54 Å². The van der Waals surface area contributed by atoms with E-state index in [2.05, 4.69) is 42.5 Å². The van der Waals surface area contributed by atoms with E-state index < -0.39 is 0 Å². The Balaban J connectivity index is 1.76. The van der Waals surface area contributed by atoms with Gasteiger partial charge in [-0.2, -0.15) is 0 Å². The third kappa shape index (κ3) is 5.07. The highest BCUT2D eigenvalue weighted by Gasteiger charge is 2.02. The van der Waals surface area contributed by atoms with Crippen LogP contribution in [0.1, 0.15) is 5.56 Å². The molecule has 1 amide bonds. The maximum Gasteiger partial charge on any atom is 0.238 e. The van der Waals surface area contributed by atoms with E-state index in [0.717, 1.165) is 20.2 Å². The number of hydrogen-bond donors (Lipinski definition) is 2. The Morgan fingerprint density at radius 2 is 1.75 bits per heavy atom. The summed E-state index contributed by atoms with van der Waals surface area (Å²) in [7, 11) is 0. The molecule has 0 aliphatic rings. The number of anilines is 1. The SMILES string of the molecule is O=C(CNCc1cccc(Br)c1)Nc1ccc(Br)cc1. The lowest BCUT2D eigenvalue weighted by atomic mass is 10.2. The molecule has 0 aliphatic carbocycles. The Hall–Kier alpha value is -1.17. The maximum absolute atomic E-state index is 11.8. The van der Waals surface area contributed by atoms with E-state index in [1.807, 2.05) is 48.5 Å². The normalized spacial score (nSPS) is 10.3. The van der Waals surface area contributed by atoms with Crippen molar-refractivity contribution >= 4 is 43.5 Å². The first kappa shape index (κ1) is 15.2. The van der Waals surface area contributed by atoms with Gasteiger partial charge in [0.25, 0.3) is 0 Å². The van der Waals surface area contributed by atoms with E-state index >= 15 is 0 Å². The zero-order valence-corrected chi connectivity index (χ0v) is 13.9. The van der Waals surface area contributed by atoms with Crippen LogP contribution in [0.3, 0.4) is 0 Å². The second-order valence-electron chi connectivity index (χ2n) is 4.29. The van der Waals surface area contributed by atoms with Gasteiger partial charge in [0.1, 0.15) is 0 Å². The van der Waals surface area contributed by atoms with Gasteiger partial charge in [-0.05, 0) is 42.0 Å². The molecule has 2 aromatic rings. The number of halogens is 2. The number of carbonyl (C=O) groups excluding carboxylic acids is 1. The van der Waals surface area contributed by atoms with E-state index in [9.17, 15) is 4.79 Å². The number of amides is 1. The molecule has 5 heteroatoms. The molecule has 20 heavy (non-hydrogen) atoms. The zero-order chi connectivity index (χ0) is 14.4. The summed E-state index contributed by atoms with van der Waals surface area (Å²) in [6, 6.07) is 15.5. The van der Waals surface area contributed by atoms with Crippen LogP contribution in [0.4, 0.5) is 5.69 Å². The van der Waals surface area contributed by atoms with E-state index in [1.54, 1.807) is 0 Å². The Morgan fingerprint density at radius 3 is 2.45 bits per heavy atom. The molecule has 0 aliphatic heterocycles. The number of carbonyl (C=O) groups is 1. The molecule has 0 radical (unpaired) electrons. The molecule has 0 atom stereocenters. The Bertz CT molecular complexity index is 585. The molecular formula is C15H14Br2N2O. The molecule has 104 valence electrons. The second-order valence-corrected chi connectivity index (χ2v) is 6.12. The second kappa shape index (κ2) is 7.57. The lowest BCUT2D eigenvalue weighted by molar-refractivity contribution is -0.115. The molecule has 0 aromatic heterocycles. The Morgan fingerprint density at radius 1 is 1.00 bits per heavy atom. The van der Waals surface area contributed by atoms with Crippen molar-refractivity contribution in [2.24, 2.45) is 0 Å². The Labute approximate surface area is 135 Å². The topological polar surface area (TPSA) is 41.1 Å². The third-order valence-electron chi connectivity index (χ3n) is 2.63. The van der Waals surface area contributed by atoms with Gasteiger partial charge in [0.2, 0.25) is 5.91 Å². The van der Waals surface area contributed by atoms with Gasteiger partial charge in [-0.25, -0.2) is 0 Å². The lowest BCUT2D eigenvalue weighted by Crippen LogP contribution is -2.27. The highest BCUT2D eigenvalue weighted by atomic mass is 79.9. The van der Waals surface area contributed by atoms with Crippen molar-refractivity contribution in [3.05, 3.63) is 63.0 Å². The van der Waals surface area contributed by atoms with Crippen LogP contribution in [0.5, 0.6) is 0 Å². The van der Waals surface area contributed by atoms with Crippen LogP contribution >= 0.6 is 31.9 Å². The minimum atomic E-state index is -0.0534. The first-order chi connectivity index (χ1) is 9.63. The smallest absolute Gasteiger partial charge is 0.238 e. The molecular weight excluding hydrogens is 384 g/mol. The van der Waals surface area contributed by atoms with Gasteiger partial charge in [0.15, 0.2) is 0 Å². The van der Waals surface area contributed by atoms with Crippen LogP contribution in [0.15, 0.2) is 57.5 Å². The van der Waals surface area contributed by atoms with Gasteiger partial charge in [0, 0.05) is 21.2 Å².